The summed E-state index contributed by atoms with van der Waals surface area (Å²) in [7, 11) is 1.83. The lowest BCUT2D eigenvalue weighted by Crippen LogP contribution is -2.32. The summed E-state index contributed by atoms with van der Waals surface area (Å²) >= 11 is 0. The molecule has 1 amide bonds. The van der Waals surface area contributed by atoms with Crippen LogP contribution in [0.2, 0.25) is 0 Å². The van der Waals surface area contributed by atoms with E-state index in [4.69, 9.17) is 0 Å². The van der Waals surface area contributed by atoms with Gasteiger partial charge in [0.1, 0.15) is 5.82 Å². The van der Waals surface area contributed by atoms with Crippen LogP contribution in [0.5, 0.6) is 0 Å². The molecule has 4 rings (SSSR count). The fourth-order valence-electron chi connectivity index (χ4n) is 4.63. The molecule has 6 nitrogen and oxygen atoms in total. The van der Waals surface area contributed by atoms with Gasteiger partial charge in [-0.05, 0) is 92.6 Å². The molecule has 1 aromatic heterocycles. The van der Waals surface area contributed by atoms with Crippen LogP contribution in [-0.2, 0) is 7.05 Å². The van der Waals surface area contributed by atoms with E-state index >= 15 is 0 Å². The third kappa shape index (κ3) is 9.20. The SMILES string of the molecule is CC.CCCCN(CCNc1ccc(C)c(C(=O)NC(C)c2cc(F)cc(-c3cnn(C)c3)c2)c1)CC1CC1. The normalized spacial score (nSPS) is 13.5. The Hall–Kier alpha value is -3.19. The zero-order valence-electron chi connectivity index (χ0n) is 24.6. The Morgan fingerprint density at radius 3 is 2.59 bits per heavy atom. The van der Waals surface area contributed by atoms with Crippen LogP contribution in [-0.4, -0.2) is 46.8 Å². The summed E-state index contributed by atoms with van der Waals surface area (Å²) in [5, 5.41) is 10.7. The van der Waals surface area contributed by atoms with Gasteiger partial charge in [-0.15, -0.1) is 0 Å². The number of unbranched alkanes of at least 4 members (excludes halogenated alkanes) is 1. The van der Waals surface area contributed by atoms with Crippen molar-refractivity contribution < 1.29 is 9.18 Å². The first kappa shape index (κ1) is 30.4. The minimum Gasteiger partial charge on any atom is -0.384 e. The van der Waals surface area contributed by atoms with Crippen molar-refractivity contribution in [3.63, 3.8) is 0 Å². The van der Waals surface area contributed by atoms with Crippen LogP contribution >= 0.6 is 0 Å². The lowest BCUT2D eigenvalue weighted by molar-refractivity contribution is 0.0939. The molecular weight excluding hydrogens is 489 g/mol. The number of rotatable bonds is 13. The fraction of sp³-hybridized carbons (Fsp3) is 0.500. The third-order valence-electron chi connectivity index (χ3n) is 7.09. The van der Waals surface area contributed by atoms with Gasteiger partial charge in [-0.3, -0.25) is 9.48 Å². The monoisotopic (exact) mass is 535 g/mol. The van der Waals surface area contributed by atoms with Crippen LogP contribution < -0.4 is 10.6 Å². The summed E-state index contributed by atoms with van der Waals surface area (Å²) in [6.45, 7) is 14.2. The van der Waals surface area contributed by atoms with Crippen LogP contribution in [0.25, 0.3) is 11.1 Å². The van der Waals surface area contributed by atoms with Gasteiger partial charge in [0.25, 0.3) is 5.91 Å². The molecule has 2 N–H and O–H groups in total. The molecule has 1 heterocycles. The Bertz CT molecular complexity index is 1200. The van der Waals surface area contributed by atoms with Crippen LogP contribution in [0.1, 0.15) is 80.9 Å². The van der Waals surface area contributed by atoms with E-state index < -0.39 is 0 Å². The first-order valence-corrected chi connectivity index (χ1v) is 14.5. The van der Waals surface area contributed by atoms with Gasteiger partial charge in [0.2, 0.25) is 0 Å². The van der Waals surface area contributed by atoms with Crippen LogP contribution in [0, 0.1) is 18.7 Å². The van der Waals surface area contributed by atoms with Gasteiger partial charge >= 0.3 is 0 Å². The first-order chi connectivity index (χ1) is 18.8. The summed E-state index contributed by atoms with van der Waals surface area (Å²) in [4.78, 5) is 15.8. The van der Waals surface area contributed by atoms with Crippen molar-refractivity contribution in [1.82, 2.24) is 20.0 Å². The number of nitrogens with zero attached hydrogens (tertiary/aromatic N) is 3. The van der Waals surface area contributed by atoms with E-state index in [1.165, 1.54) is 44.4 Å². The molecule has 2 aromatic carbocycles. The molecule has 212 valence electrons. The largest absolute Gasteiger partial charge is 0.384 e. The van der Waals surface area contributed by atoms with E-state index in [2.05, 4.69) is 27.6 Å². The van der Waals surface area contributed by atoms with Gasteiger partial charge in [-0.1, -0.05) is 33.3 Å². The molecule has 0 spiro atoms. The van der Waals surface area contributed by atoms with Crippen molar-refractivity contribution in [3.05, 3.63) is 71.3 Å². The fourth-order valence-corrected chi connectivity index (χ4v) is 4.63. The second-order valence-corrected chi connectivity index (χ2v) is 10.4. The van der Waals surface area contributed by atoms with Crippen molar-refractivity contribution in [1.29, 1.82) is 0 Å². The average molecular weight is 536 g/mol. The average Bonchev–Trinajstić information content (AvgIpc) is 3.64. The molecule has 0 saturated heterocycles. The highest BCUT2D eigenvalue weighted by Crippen LogP contribution is 2.30. The lowest BCUT2D eigenvalue weighted by Gasteiger charge is -2.22. The lowest BCUT2D eigenvalue weighted by atomic mass is 10.0. The number of halogens is 1. The number of nitrogens with one attached hydrogen (secondary N) is 2. The molecule has 3 aromatic rings. The van der Waals surface area contributed by atoms with Gasteiger partial charge in [0.05, 0.1) is 12.2 Å². The van der Waals surface area contributed by atoms with E-state index in [0.717, 1.165) is 47.9 Å². The minimum absolute atomic E-state index is 0.167. The van der Waals surface area contributed by atoms with Crippen LogP contribution in [0.3, 0.4) is 0 Å². The number of carbonyl (C=O) groups excluding carboxylic acids is 1. The molecule has 1 saturated carbocycles. The molecule has 1 atom stereocenters. The van der Waals surface area contributed by atoms with Gasteiger partial charge in [-0.25, -0.2) is 4.39 Å². The van der Waals surface area contributed by atoms with E-state index in [-0.39, 0.29) is 17.8 Å². The maximum atomic E-state index is 14.4. The highest BCUT2D eigenvalue weighted by molar-refractivity contribution is 5.96. The first-order valence-electron chi connectivity index (χ1n) is 14.5. The Balaban J connectivity index is 0.00000205. The van der Waals surface area contributed by atoms with Gasteiger partial charge in [0.15, 0.2) is 0 Å². The standard InChI is InChI=1S/C30H40FN5O.C2H6/c1-5-6-12-36(19-23-8-9-23)13-11-32-28-10-7-21(2)29(17-28)30(37)34-22(3)24-14-25(16-27(31)15-24)26-18-33-35(4)20-26;1-2/h7,10,14-18,20,22-23,32H,5-6,8-9,11-13,19H2,1-4H3,(H,34,37);1-2H3. The molecule has 1 unspecified atom stereocenters. The van der Waals surface area contributed by atoms with Crippen molar-refractivity contribution in [2.45, 2.75) is 66.3 Å². The third-order valence-corrected chi connectivity index (χ3v) is 7.09. The predicted molar refractivity (Wildman–Crippen MR) is 160 cm³/mol. The Labute approximate surface area is 234 Å². The van der Waals surface area contributed by atoms with Gasteiger partial charge in [0, 0.05) is 49.7 Å². The Morgan fingerprint density at radius 2 is 1.92 bits per heavy atom. The van der Waals surface area contributed by atoms with E-state index in [9.17, 15) is 9.18 Å². The Morgan fingerprint density at radius 1 is 1.15 bits per heavy atom. The molecule has 1 fully saturated rings. The molecule has 7 heteroatoms. The summed E-state index contributed by atoms with van der Waals surface area (Å²) in [6, 6.07) is 10.4. The number of carbonyl (C=O) groups is 1. The number of amides is 1. The number of aromatic nitrogens is 2. The minimum atomic E-state index is -0.357. The van der Waals surface area contributed by atoms with Crippen molar-refractivity contribution in [3.8, 4) is 11.1 Å². The number of benzene rings is 2. The van der Waals surface area contributed by atoms with E-state index in [1.807, 2.05) is 65.2 Å². The highest BCUT2D eigenvalue weighted by Gasteiger charge is 2.23. The molecule has 39 heavy (non-hydrogen) atoms. The summed E-state index contributed by atoms with van der Waals surface area (Å²) in [5.41, 5.74) is 4.75. The zero-order valence-corrected chi connectivity index (χ0v) is 24.6. The summed E-state index contributed by atoms with van der Waals surface area (Å²) in [6.07, 6.45) is 8.73. The topological polar surface area (TPSA) is 62.2 Å². The highest BCUT2D eigenvalue weighted by atomic mass is 19.1. The Kier molecular flexibility index (Phi) is 11.5. The smallest absolute Gasteiger partial charge is 0.252 e. The molecule has 0 radical (unpaired) electrons. The summed E-state index contributed by atoms with van der Waals surface area (Å²) < 4.78 is 16.1. The van der Waals surface area contributed by atoms with Crippen molar-refractivity contribution in [2.75, 3.05) is 31.5 Å². The van der Waals surface area contributed by atoms with Crippen LogP contribution in [0.4, 0.5) is 10.1 Å². The quantitative estimate of drug-likeness (QED) is 0.248. The van der Waals surface area contributed by atoms with Crippen molar-refractivity contribution >= 4 is 11.6 Å². The molecule has 1 aliphatic carbocycles. The maximum absolute atomic E-state index is 14.4. The predicted octanol–water partition coefficient (Wildman–Crippen LogP) is 6.98. The summed E-state index contributed by atoms with van der Waals surface area (Å²) in [5.74, 6) is 0.376. The van der Waals surface area contributed by atoms with E-state index in [0.29, 0.717) is 11.1 Å². The number of hydrogen-bond acceptors (Lipinski definition) is 4. The van der Waals surface area contributed by atoms with Gasteiger partial charge in [-0.2, -0.15) is 5.10 Å². The molecule has 1 aliphatic rings. The van der Waals surface area contributed by atoms with E-state index in [1.54, 1.807) is 10.9 Å². The number of anilines is 1. The number of hydrogen-bond donors (Lipinski definition) is 2. The second kappa shape index (κ2) is 14.8. The second-order valence-electron chi connectivity index (χ2n) is 10.4. The number of aryl methyl sites for hydroxylation is 2. The molecule has 0 bridgehead atoms. The molecular formula is C32H46FN5O. The molecule has 0 aliphatic heterocycles. The maximum Gasteiger partial charge on any atom is 0.252 e. The van der Waals surface area contributed by atoms with Crippen LogP contribution in [0.15, 0.2) is 48.8 Å². The van der Waals surface area contributed by atoms with Gasteiger partial charge < -0.3 is 15.5 Å². The zero-order chi connectivity index (χ0) is 28.4. The van der Waals surface area contributed by atoms with Crippen molar-refractivity contribution in [2.24, 2.45) is 13.0 Å².